The van der Waals surface area contributed by atoms with Crippen LogP contribution in [0.25, 0.3) is 0 Å². The SMILES string of the molecule is CCOc1ccc(CNCc2cc(OC)c(OC)cc2Cl)cc1. The number of hydrogen-bond donors (Lipinski definition) is 1. The fourth-order valence-electron chi connectivity index (χ4n) is 2.24. The van der Waals surface area contributed by atoms with Gasteiger partial charge in [-0.2, -0.15) is 0 Å². The van der Waals surface area contributed by atoms with Crippen molar-refractivity contribution in [1.29, 1.82) is 0 Å². The summed E-state index contributed by atoms with van der Waals surface area (Å²) in [4.78, 5) is 0. The summed E-state index contributed by atoms with van der Waals surface area (Å²) in [6.07, 6.45) is 0. The Bertz CT molecular complexity index is 629. The van der Waals surface area contributed by atoms with Gasteiger partial charge in [-0.3, -0.25) is 0 Å². The molecule has 0 amide bonds. The molecule has 1 N–H and O–H groups in total. The van der Waals surface area contributed by atoms with E-state index < -0.39 is 0 Å². The fraction of sp³-hybridized carbons (Fsp3) is 0.333. The molecule has 2 aromatic rings. The highest BCUT2D eigenvalue weighted by Crippen LogP contribution is 2.33. The van der Waals surface area contributed by atoms with Gasteiger partial charge in [0.15, 0.2) is 11.5 Å². The molecule has 0 aliphatic heterocycles. The van der Waals surface area contributed by atoms with Gasteiger partial charge in [0.05, 0.1) is 20.8 Å². The van der Waals surface area contributed by atoms with Crippen molar-refractivity contribution in [3.05, 3.63) is 52.5 Å². The first kappa shape index (κ1) is 17.4. The van der Waals surface area contributed by atoms with Crippen LogP contribution in [0.1, 0.15) is 18.1 Å². The van der Waals surface area contributed by atoms with E-state index in [1.54, 1.807) is 20.3 Å². The Kier molecular flexibility index (Phi) is 6.56. The largest absolute Gasteiger partial charge is 0.494 e. The number of benzene rings is 2. The lowest BCUT2D eigenvalue weighted by Crippen LogP contribution is -2.13. The van der Waals surface area contributed by atoms with Crippen LogP contribution in [0.2, 0.25) is 5.02 Å². The van der Waals surface area contributed by atoms with Gasteiger partial charge in [0.2, 0.25) is 0 Å². The Morgan fingerprint density at radius 2 is 1.61 bits per heavy atom. The molecule has 0 aliphatic rings. The molecule has 0 saturated heterocycles. The number of halogens is 1. The highest BCUT2D eigenvalue weighted by atomic mass is 35.5. The molecule has 0 unspecified atom stereocenters. The van der Waals surface area contributed by atoms with Crippen molar-refractivity contribution in [2.45, 2.75) is 20.0 Å². The van der Waals surface area contributed by atoms with Crippen LogP contribution in [0, 0.1) is 0 Å². The van der Waals surface area contributed by atoms with Crippen LogP contribution in [0.15, 0.2) is 36.4 Å². The third-order valence-electron chi connectivity index (χ3n) is 3.43. The van der Waals surface area contributed by atoms with Gasteiger partial charge >= 0.3 is 0 Å². The van der Waals surface area contributed by atoms with Crippen molar-refractivity contribution in [2.75, 3.05) is 20.8 Å². The molecule has 0 atom stereocenters. The molecule has 2 aromatic carbocycles. The maximum atomic E-state index is 6.28. The van der Waals surface area contributed by atoms with Gasteiger partial charge in [-0.15, -0.1) is 0 Å². The Hall–Kier alpha value is -1.91. The lowest BCUT2D eigenvalue weighted by Gasteiger charge is -2.12. The maximum absolute atomic E-state index is 6.28. The summed E-state index contributed by atoms with van der Waals surface area (Å²) in [6.45, 7) is 4.04. The highest BCUT2D eigenvalue weighted by molar-refractivity contribution is 6.31. The second-order valence-electron chi connectivity index (χ2n) is 4.98. The van der Waals surface area contributed by atoms with Crippen molar-refractivity contribution in [1.82, 2.24) is 5.32 Å². The molecular weight excluding hydrogens is 314 g/mol. The summed E-state index contributed by atoms with van der Waals surface area (Å²) >= 11 is 6.28. The Morgan fingerprint density at radius 1 is 0.957 bits per heavy atom. The zero-order chi connectivity index (χ0) is 16.7. The van der Waals surface area contributed by atoms with E-state index in [-0.39, 0.29) is 0 Å². The Labute approximate surface area is 142 Å². The number of nitrogens with one attached hydrogen (secondary N) is 1. The maximum Gasteiger partial charge on any atom is 0.162 e. The normalized spacial score (nSPS) is 10.4. The van der Waals surface area contributed by atoms with Crippen LogP contribution < -0.4 is 19.5 Å². The predicted molar refractivity (Wildman–Crippen MR) is 92.7 cm³/mol. The summed E-state index contributed by atoms with van der Waals surface area (Å²) in [5.74, 6) is 2.20. The molecule has 23 heavy (non-hydrogen) atoms. The second-order valence-corrected chi connectivity index (χ2v) is 5.39. The molecule has 4 nitrogen and oxygen atoms in total. The van der Waals surface area contributed by atoms with Crippen molar-refractivity contribution in [3.8, 4) is 17.2 Å². The summed E-state index contributed by atoms with van der Waals surface area (Å²) in [5.41, 5.74) is 2.15. The van der Waals surface area contributed by atoms with E-state index in [2.05, 4.69) is 5.32 Å². The van der Waals surface area contributed by atoms with Crippen LogP contribution in [0.5, 0.6) is 17.2 Å². The third-order valence-corrected chi connectivity index (χ3v) is 3.78. The van der Waals surface area contributed by atoms with Crippen molar-refractivity contribution in [2.24, 2.45) is 0 Å². The van der Waals surface area contributed by atoms with Crippen molar-refractivity contribution < 1.29 is 14.2 Å². The van der Waals surface area contributed by atoms with Gasteiger partial charge in [0, 0.05) is 24.2 Å². The summed E-state index contributed by atoms with van der Waals surface area (Å²) < 4.78 is 16.0. The lowest BCUT2D eigenvalue weighted by atomic mass is 10.1. The first-order valence-electron chi connectivity index (χ1n) is 7.50. The zero-order valence-corrected chi connectivity index (χ0v) is 14.4. The van der Waals surface area contributed by atoms with E-state index in [0.29, 0.717) is 29.7 Å². The Morgan fingerprint density at radius 3 is 2.22 bits per heavy atom. The van der Waals surface area contributed by atoms with Gasteiger partial charge in [-0.25, -0.2) is 0 Å². The summed E-state index contributed by atoms with van der Waals surface area (Å²) in [6, 6.07) is 11.7. The van der Waals surface area contributed by atoms with Crippen LogP contribution >= 0.6 is 11.6 Å². The van der Waals surface area contributed by atoms with E-state index in [1.807, 2.05) is 37.3 Å². The highest BCUT2D eigenvalue weighted by Gasteiger charge is 2.09. The number of rotatable bonds is 8. The lowest BCUT2D eigenvalue weighted by molar-refractivity contribution is 0.340. The predicted octanol–water partition coefficient (Wildman–Crippen LogP) is 4.05. The van der Waals surface area contributed by atoms with E-state index in [9.17, 15) is 0 Å². The molecule has 2 rings (SSSR count). The van der Waals surface area contributed by atoms with E-state index in [4.69, 9.17) is 25.8 Å². The van der Waals surface area contributed by atoms with E-state index in [1.165, 1.54) is 5.56 Å². The number of methoxy groups -OCH3 is 2. The van der Waals surface area contributed by atoms with Crippen LogP contribution in [0.3, 0.4) is 0 Å². The molecule has 0 spiro atoms. The second kappa shape index (κ2) is 8.65. The molecule has 124 valence electrons. The smallest absolute Gasteiger partial charge is 0.162 e. The molecule has 0 heterocycles. The van der Waals surface area contributed by atoms with Crippen molar-refractivity contribution >= 4 is 11.6 Å². The molecule has 0 aromatic heterocycles. The minimum absolute atomic E-state index is 0.632. The van der Waals surface area contributed by atoms with Crippen LogP contribution in [-0.4, -0.2) is 20.8 Å². The summed E-state index contributed by atoms with van der Waals surface area (Å²) in [5, 5.41) is 4.03. The topological polar surface area (TPSA) is 39.7 Å². The van der Waals surface area contributed by atoms with Gasteiger partial charge in [-0.1, -0.05) is 23.7 Å². The zero-order valence-electron chi connectivity index (χ0n) is 13.7. The van der Waals surface area contributed by atoms with Gasteiger partial charge in [-0.05, 0) is 36.2 Å². The van der Waals surface area contributed by atoms with Crippen LogP contribution in [0.4, 0.5) is 0 Å². The molecule has 0 fully saturated rings. The minimum Gasteiger partial charge on any atom is -0.494 e. The average molecular weight is 336 g/mol. The van der Waals surface area contributed by atoms with E-state index >= 15 is 0 Å². The standard InChI is InChI=1S/C18H22ClNO3/c1-4-23-15-7-5-13(6-8-15)11-20-12-14-9-17(21-2)18(22-3)10-16(14)19/h5-10,20H,4,11-12H2,1-3H3. The molecule has 0 aliphatic carbocycles. The molecular formula is C18H22ClNO3. The van der Waals surface area contributed by atoms with Crippen LogP contribution in [-0.2, 0) is 13.1 Å². The average Bonchev–Trinajstić information content (AvgIpc) is 2.57. The molecule has 5 heteroatoms. The minimum atomic E-state index is 0.632. The monoisotopic (exact) mass is 335 g/mol. The van der Waals surface area contributed by atoms with E-state index in [0.717, 1.165) is 17.9 Å². The molecule has 0 radical (unpaired) electrons. The van der Waals surface area contributed by atoms with Crippen molar-refractivity contribution in [3.63, 3.8) is 0 Å². The quantitative estimate of drug-likeness (QED) is 0.790. The first-order valence-corrected chi connectivity index (χ1v) is 7.88. The fourth-order valence-corrected chi connectivity index (χ4v) is 2.46. The Balaban J connectivity index is 1.95. The molecule has 0 bridgehead atoms. The first-order chi connectivity index (χ1) is 11.2. The molecule has 0 saturated carbocycles. The third kappa shape index (κ3) is 4.78. The van der Waals surface area contributed by atoms with Gasteiger partial charge < -0.3 is 19.5 Å². The van der Waals surface area contributed by atoms with Gasteiger partial charge in [0.25, 0.3) is 0 Å². The van der Waals surface area contributed by atoms with Gasteiger partial charge in [0.1, 0.15) is 5.75 Å². The summed E-state index contributed by atoms with van der Waals surface area (Å²) in [7, 11) is 3.21. The number of hydrogen-bond acceptors (Lipinski definition) is 4. The number of ether oxygens (including phenoxy) is 3.